The summed E-state index contributed by atoms with van der Waals surface area (Å²) in [7, 11) is 1.33. The zero-order valence-electron chi connectivity index (χ0n) is 10.1. The molecule has 0 spiro atoms. The first-order valence-corrected chi connectivity index (χ1v) is 6.75. The van der Waals surface area contributed by atoms with E-state index in [-0.39, 0.29) is 23.7 Å². The number of thioether (sulfide) groups is 1. The highest BCUT2D eigenvalue weighted by molar-refractivity contribution is 8.00. The quantitative estimate of drug-likeness (QED) is 0.822. The van der Waals surface area contributed by atoms with Gasteiger partial charge in [0.25, 0.3) is 0 Å². The van der Waals surface area contributed by atoms with E-state index < -0.39 is 0 Å². The zero-order chi connectivity index (χ0) is 13.0. The normalized spacial score (nSPS) is 18.6. The second-order valence-corrected chi connectivity index (χ2v) is 5.30. The predicted octanol–water partition coefficient (Wildman–Crippen LogP) is 0.890. The van der Waals surface area contributed by atoms with Gasteiger partial charge in [-0.15, -0.1) is 11.8 Å². The third-order valence-corrected chi connectivity index (χ3v) is 4.02. The van der Waals surface area contributed by atoms with Crippen molar-refractivity contribution in [2.24, 2.45) is 0 Å². The molecular weight excluding hydrogens is 254 g/mol. The number of methoxy groups -OCH3 is 1. The minimum atomic E-state index is -0.373. The molecule has 0 bridgehead atoms. The van der Waals surface area contributed by atoms with Gasteiger partial charge in [0, 0.05) is 6.20 Å². The van der Waals surface area contributed by atoms with Crippen LogP contribution >= 0.6 is 11.8 Å². The molecule has 2 rings (SSSR count). The first-order chi connectivity index (χ1) is 8.69. The molecule has 1 aromatic rings. The molecule has 6 nitrogen and oxygen atoms in total. The van der Waals surface area contributed by atoms with Gasteiger partial charge in [-0.3, -0.25) is 14.3 Å². The first-order valence-electron chi connectivity index (χ1n) is 5.71. The van der Waals surface area contributed by atoms with Gasteiger partial charge < -0.3 is 10.1 Å². The van der Waals surface area contributed by atoms with Crippen molar-refractivity contribution in [1.29, 1.82) is 0 Å². The largest absolute Gasteiger partial charge is 0.468 e. The number of hydrogen-bond acceptors (Lipinski definition) is 5. The standard InChI is InChI=1S/C11H15N3O3S/c1-17-10(15)7-14-6-8(5-12-14)13-11(16)9-3-2-4-18-9/h5-6,9H,2-4,7H2,1H3,(H,13,16). The van der Waals surface area contributed by atoms with E-state index in [1.54, 1.807) is 18.0 Å². The fraction of sp³-hybridized carbons (Fsp3) is 0.545. The maximum Gasteiger partial charge on any atom is 0.327 e. The van der Waals surface area contributed by atoms with Crippen molar-refractivity contribution in [2.75, 3.05) is 18.2 Å². The number of rotatable bonds is 4. The van der Waals surface area contributed by atoms with Crippen LogP contribution in [-0.4, -0.2) is 39.8 Å². The lowest BCUT2D eigenvalue weighted by Crippen LogP contribution is -2.22. The van der Waals surface area contributed by atoms with Crippen LogP contribution in [0.4, 0.5) is 5.69 Å². The molecule has 1 unspecified atom stereocenters. The van der Waals surface area contributed by atoms with Crippen LogP contribution in [0, 0.1) is 0 Å². The molecule has 1 amide bonds. The highest BCUT2D eigenvalue weighted by Gasteiger charge is 2.23. The summed E-state index contributed by atoms with van der Waals surface area (Å²) in [4.78, 5) is 22.9. The predicted molar refractivity (Wildman–Crippen MR) is 68.4 cm³/mol. The SMILES string of the molecule is COC(=O)Cn1cc(NC(=O)C2CCCS2)cn1. The van der Waals surface area contributed by atoms with E-state index in [4.69, 9.17) is 0 Å². The highest BCUT2D eigenvalue weighted by atomic mass is 32.2. The van der Waals surface area contributed by atoms with Gasteiger partial charge >= 0.3 is 5.97 Å². The molecule has 0 saturated carbocycles. The van der Waals surface area contributed by atoms with Gasteiger partial charge in [0.1, 0.15) is 6.54 Å². The molecular formula is C11H15N3O3S. The number of carbonyl (C=O) groups is 2. The smallest absolute Gasteiger partial charge is 0.327 e. The van der Waals surface area contributed by atoms with Crippen molar-refractivity contribution >= 4 is 29.3 Å². The number of hydrogen-bond donors (Lipinski definition) is 1. The van der Waals surface area contributed by atoms with E-state index in [9.17, 15) is 9.59 Å². The summed E-state index contributed by atoms with van der Waals surface area (Å²) in [5.74, 6) is 0.678. The second kappa shape index (κ2) is 5.90. The molecule has 1 N–H and O–H groups in total. The minimum absolute atomic E-state index is 0.00937. The van der Waals surface area contributed by atoms with Crippen molar-refractivity contribution in [1.82, 2.24) is 9.78 Å². The van der Waals surface area contributed by atoms with Gasteiger partial charge in [0.2, 0.25) is 5.91 Å². The fourth-order valence-electron chi connectivity index (χ4n) is 1.72. The third-order valence-electron chi connectivity index (χ3n) is 2.64. The Labute approximate surface area is 109 Å². The van der Waals surface area contributed by atoms with E-state index in [1.165, 1.54) is 18.0 Å². The molecule has 1 aliphatic heterocycles. The lowest BCUT2D eigenvalue weighted by atomic mass is 10.2. The second-order valence-electron chi connectivity index (χ2n) is 3.99. The summed E-state index contributed by atoms with van der Waals surface area (Å²) in [5, 5.41) is 6.81. The number of esters is 1. The van der Waals surface area contributed by atoms with Gasteiger partial charge in [-0.1, -0.05) is 0 Å². The molecule has 0 aromatic carbocycles. The molecule has 2 heterocycles. The van der Waals surface area contributed by atoms with Gasteiger partial charge in [-0.25, -0.2) is 0 Å². The lowest BCUT2D eigenvalue weighted by molar-refractivity contribution is -0.141. The fourth-order valence-corrected chi connectivity index (χ4v) is 2.88. The van der Waals surface area contributed by atoms with E-state index in [0.29, 0.717) is 5.69 Å². The maximum atomic E-state index is 11.8. The van der Waals surface area contributed by atoms with E-state index in [2.05, 4.69) is 15.2 Å². The number of aromatic nitrogens is 2. The summed E-state index contributed by atoms with van der Waals surface area (Å²) >= 11 is 1.68. The van der Waals surface area contributed by atoms with Crippen molar-refractivity contribution in [3.8, 4) is 0 Å². The minimum Gasteiger partial charge on any atom is -0.468 e. The van der Waals surface area contributed by atoms with Crippen LogP contribution in [0.2, 0.25) is 0 Å². The Morgan fingerprint density at radius 3 is 3.17 bits per heavy atom. The zero-order valence-corrected chi connectivity index (χ0v) is 10.9. The van der Waals surface area contributed by atoms with Gasteiger partial charge in [-0.05, 0) is 18.6 Å². The van der Waals surface area contributed by atoms with Crippen molar-refractivity contribution < 1.29 is 14.3 Å². The molecule has 1 aromatic heterocycles. The summed E-state index contributed by atoms with van der Waals surface area (Å²) in [6, 6.07) is 0. The van der Waals surface area contributed by atoms with Gasteiger partial charge in [0.05, 0.1) is 24.2 Å². The van der Waals surface area contributed by atoms with Crippen LogP contribution in [0.3, 0.4) is 0 Å². The third kappa shape index (κ3) is 3.25. The van der Waals surface area contributed by atoms with E-state index in [0.717, 1.165) is 18.6 Å². The Morgan fingerprint density at radius 2 is 2.50 bits per heavy atom. The first kappa shape index (κ1) is 12.9. The molecule has 18 heavy (non-hydrogen) atoms. The molecule has 1 aliphatic rings. The maximum absolute atomic E-state index is 11.8. The van der Waals surface area contributed by atoms with Crippen LogP contribution in [0.1, 0.15) is 12.8 Å². The van der Waals surface area contributed by atoms with Crippen LogP contribution in [-0.2, 0) is 20.9 Å². The number of nitrogens with zero attached hydrogens (tertiary/aromatic N) is 2. The summed E-state index contributed by atoms with van der Waals surface area (Å²) in [6.07, 6.45) is 5.16. The van der Waals surface area contributed by atoms with Crippen LogP contribution < -0.4 is 5.32 Å². The number of carbonyl (C=O) groups excluding carboxylic acids is 2. The summed E-state index contributed by atoms with van der Waals surface area (Å²) in [6.45, 7) is 0.0462. The Kier molecular flexibility index (Phi) is 4.24. The molecule has 7 heteroatoms. The highest BCUT2D eigenvalue weighted by Crippen LogP contribution is 2.27. The molecule has 1 atom stereocenters. The molecule has 98 valence electrons. The molecule has 1 fully saturated rings. The van der Waals surface area contributed by atoms with Crippen molar-refractivity contribution in [3.63, 3.8) is 0 Å². The van der Waals surface area contributed by atoms with E-state index in [1.807, 2.05) is 0 Å². The summed E-state index contributed by atoms with van der Waals surface area (Å²) in [5.41, 5.74) is 0.608. The topological polar surface area (TPSA) is 73.2 Å². The van der Waals surface area contributed by atoms with Crippen molar-refractivity contribution in [3.05, 3.63) is 12.4 Å². The van der Waals surface area contributed by atoms with Gasteiger partial charge in [-0.2, -0.15) is 5.10 Å². The van der Waals surface area contributed by atoms with Crippen LogP contribution in [0.5, 0.6) is 0 Å². The molecule has 1 saturated heterocycles. The lowest BCUT2D eigenvalue weighted by Gasteiger charge is -2.07. The van der Waals surface area contributed by atoms with Gasteiger partial charge in [0.15, 0.2) is 0 Å². The Balaban J connectivity index is 1.89. The number of nitrogens with one attached hydrogen (secondary N) is 1. The number of anilines is 1. The molecule has 0 radical (unpaired) electrons. The molecule has 0 aliphatic carbocycles. The number of ether oxygens (including phenoxy) is 1. The Morgan fingerprint density at radius 1 is 1.67 bits per heavy atom. The number of amides is 1. The Hall–Kier alpha value is -1.50. The monoisotopic (exact) mass is 269 g/mol. The van der Waals surface area contributed by atoms with Crippen LogP contribution in [0.15, 0.2) is 12.4 Å². The van der Waals surface area contributed by atoms with Crippen molar-refractivity contribution in [2.45, 2.75) is 24.6 Å². The Bertz CT molecular complexity index is 440. The average Bonchev–Trinajstić information content (AvgIpc) is 3.00. The van der Waals surface area contributed by atoms with E-state index >= 15 is 0 Å². The van der Waals surface area contributed by atoms with Crippen LogP contribution in [0.25, 0.3) is 0 Å². The summed E-state index contributed by atoms with van der Waals surface area (Å²) < 4.78 is 5.97. The average molecular weight is 269 g/mol.